The van der Waals surface area contributed by atoms with Gasteiger partial charge in [0.15, 0.2) is 5.13 Å². The monoisotopic (exact) mass is 475 g/mol. The predicted molar refractivity (Wildman–Crippen MR) is 124 cm³/mol. The number of rotatable bonds is 10. The Morgan fingerprint density at radius 2 is 1.78 bits per heavy atom. The number of ether oxygens (including phenoxy) is 2. The van der Waals surface area contributed by atoms with Crippen LogP contribution in [0.5, 0.6) is 5.75 Å². The lowest BCUT2D eigenvalue weighted by atomic mass is 10.1. The molecule has 3 rings (SSSR count). The summed E-state index contributed by atoms with van der Waals surface area (Å²) in [4.78, 5) is 17.1. The zero-order valence-corrected chi connectivity index (χ0v) is 19.6. The predicted octanol–water partition coefficient (Wildman–Crippen LogP) is 3.94. The molecule has 1 aromatic heterocycles. The Kier molecular flexibility index (Phi) is 7.84. The second-order valence-electron chi connectivity index (χ2n) is 7.26. The van der Waals surface area contributed by atoms with Gasteiger partial charge in [0, 0.05) is 11.1 Å². The van der Waals surface area contributed by atoms with Gasteiger partial charge in [0.2, 0.25) is 10.0 Å². The van der Waals surface area contributed by atoms with Crippen LogP contribution in [0, 0.1) is 5.92 Å². The number of nitrogens with one attached hydrogen (secondary N) is 2. The lowest BCUT2D eigenvalue weighted by Gasteiger charge is -2.20. The van der Waals surface area contributed by atoms with Gasteiger partial charge < -0.3 is 14.8 Å². The molecule has 1 atom stereocenters. The number of thiazole rings is 1. The topological polar surface area (TPSA) is 107 Å². The van der Waals surface area contributed by atoms with E-state index in [0.717, 1.165) is 5.69 Å². The Hall–Kier alpha value is -2.95. The maximum absolute atomic E-state index is 12.7. The summed E-state index contributed by atoms with van der Waals surface area (Å²) >= 11 is 1.39. The Morgan fingerprint density at radius 1 is 1.09 bits per heavy atom. The highest BCUT2D eigenvalue weighted by Gasteiger charge is 2.30. The standard InChI is InChI=1S/C22H25N3O5S2/c1-15(2)20(25-32(27,28)19-11-9-18(29-3)10-12-19)21(26)30-13-17-14-31-22(24-17)23-16-7-5-4-6-8-16/h4-12,14-15,20,25H,13H2,1-3H3,(H,23,24)/t20-/m0/s1. The minimum Gasteiger partial charge on any atom is -0.497 e. The van der Waals surface area contributed by atoms with Crippen molar-refractivity contribution in [2.24, 2.45) is 5.92 Å². The molecule has 0 radical (unpaired) electrons. The number of nitrogens with zero attached hydrogens (tertiary/aromatic N) is 1. The molecule has 32 heavy (non-hydrogen) atoms. The normalized spacial score (nSPS) is 12.4. The van der Waals surface area contributed by atoms with Crippen LogP contribution in [0.1, 0.15) is 19.5 Å². The minimum absolute atomic E-state index is 0.0351. The average Bonchev–Trinajstić information content (AvgIpc) is 3.23. The van der Waals surface area contributed by atoms with E-state index >= 15 is 0 Å². The third kappa shape index (κ3) is 6.28. The molecule has 0 unspecified atom stereocenters. The number of esters is 1. The van der Waals surface area contributed by atoms with Crippen LogP contribution in [0.2, 0.25) is 0 Å². The molecular weight excluding hydrogens is 450 g/mol. The highest BCUT2D eigenvalue weighted by Crippen LogP contribution is 2.22. The number of carbonyl (C=O) groups excluding carboxylic acids is 1. The molecular formula is C22H25N3O5S2. The molecule has 0 aliphatic rings. The van der Waals surface area contributed by atoms with Crippen molar-refractivity contribution in [2.45, 2.75) is 31.4 Å². The fourth-order valence-corrected chi connectivity index (χ4v) is 4.81. The van der Waals surface area contributed by atoms with Crippen molar-refractivity contribution in [2.75, 3.05) is 12.4 Å². The van der Waals surface area contributed by atoms with Crippen LogP contribution in [0.25, 0.3) is 0 Å². The lowest BCUT2D eigenvalue weighted by molar-refractivity contribution is -0.148. The van der Waals surface area contributed by atoms with Crippen LogP contribution in [-0.4, -0.2) is 32.5 Å². The highest BCUT2D eigenvalue weighted by molar-refractivity contribution is 7.89. The zero-order valence-electron chi connectivity index (χ0n) is 17.9. The van der Waals surface area contributed by atoms with E-state index in [0.29, 0.717) is 16.6 Å². The Bertz CT molecular complexity index is 1130. The number of aromatic nitrogens is 1. The smallest absolute Gasteiger partial charge is 0.324 e. The quantitative estimate of drug-likeness (QED) is 0.428. The van der Waals surface area contributed by atoms with Gasteiger partial charge >= 0.3 is 5.97 Å². The number of methoxy groups -OCH3 is 1. The number of carbonyl (C=O) groups is 1. The molecule has 0 aliphatic heterocycles. The van der Waals surface area contributed by atoms with Crippen molar-refractivity contribution in [3.05, 3.63) is 65.7 Å². The number of hydrogen-bond acceptors (Lipinski definition) is 8. The van der Waals surface area contributed by atoms with Gasteiger partial charge in [-0.15, -0.1) is 11.3 Å². The molecule has 0 saturated heterocycles. The molecule has 170 valence electrons. The van der Waals surface area contributed by atoms with Crippen LogP contribution in [0.3, 0.4) is 0 Å². The van der Waals surface area contributed by atoms with Crippen LogP contribution < -0.4 is 14.8 Å². The van der Waals surface area contributed by atoms with Crippen molar-refractivity contribution in [1.82, 2.24) is 9.71 Å². The Balaban J connectivity index is 1.61. The van der Waals surface area contributed by atoms with Gasteiger partial charge in [-0.2, -0.15) is 4.72 Å². The van der Waals surface area contributed by atoms with Gasteiger partial charge in [0.1, 0.15) is 18.4 Å². The molecule has 0 amide bonds. The van der Waals surface area contributed by atoms with Gasteiger partial charge in [-0.1, -0.05) is 32.0 Å². The van der Waals surface area contributed by atoms with Crippen LogP contribution in [-0.2, 0) is 26.2 Å². The first kappa shape index (κ1) is 23.7. The summed E-state index contributed by atoms with van der Waals surface area (Å²) in [6.45, 7) is 3.43. The fourth-order valence-electron chi connectivity index (χ4n) is 2.76. The largest absolute Gasteiger partial charge is 0.497 e. The molecule has 0 aliphatic carbocycles. The summed E-state index contributed by atoms with van der Waals surface area (Å²) in [5.41, 5.74) is 1.47. The second kappa shape index (κ2) is 10.6. The third-order valence-electron chi connectivity index (χ3n) is 4.51. The first-order valence-electron chi connectivity index (χ1n) is 9.88. The van der Waals surface area contributed by atoms with Crippen molar-refractivity contribution >= 4 is 38.1 Å². The first-order valence-corrected chi connectivity index (χ1v) is 12.2. The van der Waals surface area contributed by atoms with Gasteiger partial charge in [0.05, 0.1) is 17.7 Å². The van der Waals surface area contributed by atoms with Crippen LogP contribution in [0.4, 0.5) is 10.8 Å². The average molecular weight is 476 g/mol. The summed E-state index contributed by atoms with van der Waals surface area (Å²) < 4.78 is 38.3. The summed E-state index contributed by atoms with van der Waals surface area (Å²) in [6, 6.07) is 14.5. The molecule has 0 fully saturated rings. The fraction of sp³-hybridized carbons (Fsp3) is 0.273. The van der Waals surface area contributed by atoms with Crippen LogP contribution in [0.15, 0.2) is 64.9 Å². The molecule has 0 saturated carbocycles. The van der Waals surface area contributed by atoms with E-state index in [1.807, 2.05) is 30.3 Å². The highest BCUT2D eigenvalue weighted by atomic mass is 32.2. The van der Waals surface area contributed by atoms with E-state index in [9.17, 15) is 13.2 Å². The van der Waals surface area contributed by atoms with Gasteiger partial charge in [-0.05, 0) is 42.3 Å². The number of anilines is 2. The van der Waals surface area contributed by atoms with Gasteiger partial charge in [-0.3, -0.25) is 4.79 Å². The third-order valence-corrected chi connectivity index (χ3v) is 6.78. The molecule has 1 heterocycles. The van der Waals surface area contributed by atoms with Crippen molar-refractivity contribution in [3.63, 3.8) is 0 Å². The lowest BCUT2D eigenvalue weighted by Crippen LogP contribution is -2.45. The van der Waals surface area contributed by atoms with Crippen molar-refractivity contribution < 1.29 is 22.7 Å². The van der Waals surface area contributed by atoms with E-state index in [4.69, 9.17) is 9.47 Å². The summed E-state index contributed by atoms with van der Waals surface area (Å²) in [5, 5.41) is 5.63. The van der Waals surface area contributed by atoms with E-state index in [-0.39, 0.29) is 17.4 Å². The number of sulfonamides is 1. The molecule has 8 nitrogen and oxygen atoms in total. The second-order valence-corrected chi connectivity index (χ2v) is 9.83. The summed E-state index contributed by atoms with van der Waals surface area (Å²) in [6.07, 6.45) is 0. The van der Waals surface area contributed by atoms with Crippen molar-refractivity contribution in [1.29, 1.82) is 0 Å². The molecule has 10 heteroatoms. The van der Waals surface area contributed by atoms with Gasteiger partial charge in [0.25, 0.3) is 0 Å². The minimum atomic E-state index is -3.92. The number of hydrogen-bond donors (Lipinski definition) is 2. The molecule has 0 bridgehead atoms. The van der Waals surface area contributed by atoms with E-state index < -0.39 is 22.0 Å². The summed E-state index contributed by atoms with van der Waals surface area (Å²) in [7, 11) is -2.42. The number of para-hydroxylation sites is 1. The summed E-state index contributed by atoms with van der Waals surface area (Å²) in [5.74, 6) is -0.447. The zero-order chi connectivity index (χ0) is 23.1. The molecule has 3 aromatic rings. The molecule has 0 spiro atoms. The molecule has 2 aromatic carbocycles. The molecule has 2 N–H and O–H groups in total. The maximum atomic E-state index is 12.7. The van der Waals surface area contributed by atoms with E-state index in [1.165, 1.54) is 30.6 Å². The Labute approximate surface area is 191 Å². The SMILES string of the molecule is COc1ccc(S(=O)(=O)N[C@H](C(=O)OCc2csc(Nc3ccccc3)n2)C(C)C)cc1. The van der Waals surface area contributed by atoms with Crippen LogP contribution >= 0.6 is 11.3 Å². The Morgan fingerprint density at radius 3 is 2.41 bits per heavy atom. The van der Waals surface area contributed by atoms with E-state index in [1.54, 1.807) is 31.4 Å². The van der Waals surface area contributed by atoms with Crippen molar-refractivity contribution in [3.8, 4) is 5.75 Å². The first-order chi connectivity index (χ1) is 15.3. The van der Waals surface area contributed by atoms with Gasteiger partial charge in [-0.25, -0.2) is 13.4 Å². The number of benzene rings is 2. The van der Waals surface area contributed by atoms with E-state index in [2.05, 4.69) is 15.0 Å². The maximum Gasteiger partial charge on any atom is 0.324 e.